The van der Waals surface area contributed by atoms with Crippen LogP contribution < -0.4 is 10.5 Å². The summed E-state index contributed by atoms with van der Waals surface area (Å²) < 4.78 is 19.1. The van der Waals surface area contributed by atoms with Crippen molar-refractivity contribution in [2.24, 2.45) is 11.7 Å². The Bertz CT molecular complexity index is 390. The maximum Gasteiger partial charge on any atom is 0.165 e. The van der Waals surface area contributed by atoms with Crippen LogP contribution >= 0.6 is 0 Å². The molecule has 3 heteroatoms. The monoisotopic (exact) mass is 251 g/mol. The molecule has 2 nitrogen and oxygen atoms in total. The van der Waals surface area contributed by atoms with Crippen LogP contribution in [0.4, 0.5) is 4.39 Å². The van der Waals surface area contributed by atoms with E-state index in [1.807, 2.05) is 13.0 Å². The lowest BCUT2D eigenvalue weighted by atomic mass is 9.72. The van der Waals surface area contributed by atoms with Crippen molar-refractivity contribution in [3.8, 4) is 5.75 Å². The first-order chi connectivity index (χ1) is 8.76. The van der Waals surface area contributed by atoms with Gasteiger partial charge in [0.1, 0.15) is 0 Å². The van der Waals surface area contributed by atoms with Crippen LogP contribution in [-0.2, 0) is 0 Å². The molecule has 0 radical (unpaired) electrons. The Hall–Kier alpha value is -1.09. The van der Waals surface area contributed by atoms with Crippen LogP contribution in [0, 0.1) is 11.7 Å². The largest absolute Gasteiger partial charge is 0.491 e. The van der Waals surface area contributed by atoms with E-state index in [9.17, 15) is 4.39 Å². The van der Waals surface area contributed by atoms with Gasteiger partial charge in [-0.25, -0.2) is 4.39 Å². The molecule has 100 valence electrons. The van der Waals surface area contributed by atoms with Crippen molar-refractivity contribution in [1.82, 2.24) is 0 Å². The molecule has 0 amide bonds. The van der Waals surface area contributed by atoms with Crippen LogP contribution in [0.5, 0.6) is 5.75 Å². The highest BCUT2D eigenvalue weighted by Gasteiger charge is 2.28. The van der Waals surface area contributed by atoms with E-state index >= 15 is 0 Å². The van der Waals surface area contributed by atoms with Crippen LogP contribution in [0.2, 0.25) is 0 Å². The third-order valence-electron chi connectivity index (χ3n) is 3.88. The van der Waals surface area contributed by atoms with E-state index < -0.39 is 0 Å². The van der Waals surface area contributed by atoms with Crippen LogP contribution in [0.1, 0.15) is 44.1 Å². The van der Waals surface area contributed by atoms with E-state index in [4.69, 9.17) is 10.5 Å². The molecule has 0 spiro atoms. The van der Waals surface area contributed by atoms with Crippen molar-refractivity contribution in [2.75, 3.05) is 13.2 Å². The van der Waals surface area contributed by atoms with Gasteiger partial charge in [0.25, 0.3) is 0 Å². The Morgan fingerprint density at radius 2 is 2.22 bits per heavy atom. The molecular weight excluding hydrogens is 229 g/mol. The topological polar surface area (TPSA) is 35.2 Å². The normalized spacial score (nSPS) is 17.3. The van der Waals surface area contributed by atoms with Crippen molar-refractivity contribution in [3.05, 3.63) is 29.6 Å². The number of halogens is 1. The van der Waals surface area contributed by atoms with E-state index in [1.54, 1.807) is 12.1 Å². The van der Waals surface area contributed by atoms with Crippen molar-refractivity contribution in [1.29, 1.82) is 0 Å². The average Bonchev–Trinajstić information content (AvgIpc) is 2.29. The lowest BCUT2D eigenvalue weighted by Crippen LogP contribution is -2.22. The Kier molecular flexibility index (Phi) is 4.59. The molecule has 0 aliphatic heterocycles. The maximum atomic E-state index is 13.9. The number of hydrogen-bond acceptors (Lipinski definition) is 2. The Balaban J connectivity index is 2.16. The minimum Gasteiger partial charge on any atom is -0.491 e. The van der Waals surface area contributed by atoms with Crippen LogP contribution in [0.25, 0.3) is 0 Å². The third kappa shape index (κ3) is 2.83. The molecule has 0 heterocycles. The van der Waals surface area contributed by atoms with E-state index in [0.717, 1.165) is 12.0 Å². The molecule has 2 rings (SSSR count). The molecule has 1 aromatic rings. The van der Waals surface area contributed by atoms with Crippen LogP contribution in [-0.4, -0.2) is 13.2 Å². The lowest BCUT2D eigenvalue weighted by Gasteiger charge is -2.34. The molecule has 1 aliphatic rings. The van der Waals surface area contributed by atoms with E-state index in [1.165, 1.54) is 19.3 Å². The van der Waals surface area contributed by atoms with E-state index in [0.29, 0.717) is 30.7 Å². The molecule has 1 atom stereocenters. The van der Waals surface area contributed by atoms with Crippen molar-refractivity contribution < 1.29 is 9.13 Å². The first kappa shape index (κ1) is 13.3. The van der Waals surface area contributed by atoms with Gasteiger partial charge in [0, 0.05) is 0 Å². The maximum absolute atomic E-state index is 13.9. The molecular formula is C15H22FNO. The Morgan fingerprint density at radius 1 is 1.44 bits per heavy atom. The van der Waals surface area contributed by atoms with Gasteiger partial charge in [-0.3, -0.25) is 0 Å². The quantitative estimate of drug-likeness (QED) is 0.840. The fourth-order valence-electron chi connectivity index (χ4n) is 2.72. The molecule has 0 saturated heterocycles. The van der Waals surface area contributed by atoms with E-state index in [-0.39, 0.29) is 5.82 Å². The summed E-state index contributed by atoms with van der Waals surface area (Å²) in [5.41, 5.74) is 6.76. The summed E-state index contributed by atoms with van der Waals surface area (Å²) in [7, 11) is 0. The van der Waals surface area contributed by atoms with Gasteiger partial charge in [-0.1, -0.05) is 12.5 Å². The molecule has 1 aliphatic carbocycles. The average molecular weight is 251 g/mol. The van der Waals surface area contributed by atoms with Gasteiger partial charge in [0.15, 0.2) is 11.6 Å². The number of hydrogen-bond donors (Lipinski definition) is 1. The number of ether oxygens (including phenoxy) is 1. The lowest BCUT2D eigenvalue weighted by molar-refractivity contribution is 0.252. The molecule has 18 heavy (non-hydrogen) atoms. The zero-order chi connectivity index (χ0) is 13.0. The van der Waals surface area contributed by atoms with Crippen molar-refractivity contribution in [2.45, 2.75) is 38.5 Å². The van der Waals surface area contributed by atoms with Crippen molar-refractivity contribution in [3.63, 3.8) is 0 Å². The summed E-state index contributed by atoms with van der Waals surface area (Å²) in [5, 5.41) is 0. The van der Waals surface area contributed by atoms with Gasteiger partial charge in [-0.15, -0.1) is 0 Å². The molecule has 0 aromatic heterocycles. The van der Waals surface area contributed by atoms with Crippen LogP contribution in [0.3, 0.4) is 0 Å². The predicted octanol–water partition coefficient (Wildman–Crippen LogP) is 3.46. The molecule has 1 aromatic carbocycles. The fraction of sp³-hybridized carbons (Fsp3) is 0.600. The zero-order valence-electron chi connectivity index (χ0n) is 11.0. The predicted molar refractivity (Wildman–Crippen MR) is 71.3 cm³/mol. The standard InChI is InChI=1S/C15H22FNO/c1-2-18-15-7-6-12(10-14(15)16)13(8-9-17)11-4-3-5-11/h6-7,10-11,13H,2-5,8-9,17H2,1H3. The smallest absolute Gasteiger partial charge is 0.165 e. The first-order valence-electron chi connectivity index (χ1n) is 6.88. The molecule has 1 unspecified atom stereocenters. The summed E-state index contributed by atoms with van der Waals surface area (Å²) >= 11 is 0. The van der Waals surface area contributed by atoms with Gasteiger partial charge >= 0.3 is 0 Å². The molecule has 1 fully saturated rings. The third-order valence-corrected chi connectivity index (χ3v) is 3.88. The van der Waals surface area contributed by atoms with Gasteiger partial charge in [-0.05, 0) is 62.3 Å². The van der Waals surface area contributed by atoms with Gasteiger partial charge in [0.2, 0.25) is 0 Å². The first-order valence-corrected chi connectivity index (χ1v) is 6.88. The number of nitrogens with two attached hydrogens (primary N) is 1. The molecule has 1 saturated carbocycles. The van der Waals surface area contributed by atoms with Crippen LogP contribution in [0.15, 0.2) is 18.2 Å². The minimum atomic E-state index is -0.254. The Labute approximate surface area is 108 Å². The van der Waals surface area contributed by atoms with Gasteiger partial charge < -0.3 is 10.5 Å². The van der Waals surface area contributed by atoms with Gasteiger partial charge in [-0.2, -0.15) is 0 Å². The van der Waals surface area contributed by atoms with E-state index in [2.05, 4.69) is 0 Å². The minimum absolute atomic E-state index is 0.254. The fourth-order valence-corrected chi connectivity index (χ4v) is 2.72. The van der Waals surface area contributed by atoms with Crippen molar-refractivity contribution >= 4 is 0 Å². The number of rotatable bonds is 6. The highest BCUT2D eigenvalue weighted by molar-refractivity contribution is 5.32. The summed E-state index contributed by atoms with van der Waals surface area (Å²) in [6.07, 6.45) is 4.74. The molecule has 2 N–H and O–H groups in total. The summed E-state index contributed by atoms with van der Waals surface area (Å²) in [4.78, 5) is 0. The second-order valence-corrected chi connectivity index (χ2v) is 5.00. The SMILES string of the molecule is CCOc1ccc(C(CCN)C2CCC2)cc1F. The number of benzene rings is 1. The Morgan fingerprint density at radius 3 is 2.72 bits per heavy atom. The summed E-state index contributed by atoms with van der Waals surface area (Å²) in [6, 6.07) is 5.37. The highest BCUT2D eigenvalue weighted by Crippen LogP contribution is 2.41. The zero-order valence-corrected chi connectivity index (χ0v) is 11.0. The second-order valence-electron chi connectivity index (χ2n) is 5.00. The summed E-state index contributed by atoms with van der Waals surface area (Å²) in [6.45, 7) is 3.01. The second kappa shape index (κ2) is 6.19. The molecule has 0 bridgehead atoms. The van der Waals surface area contributed by atoms with Gasteiger partial charge in [0.05, 0.1) is 6.61 Å². The highest BCUT2D eigenvalue weighted by atomic mass is 19.1. The summed E-state index contributed by atoms with van der Waals surface area (Å²) in [5.74, 6) is 1.19.